The molecular weight excluding hydrogens is 498 g/mol. The number of aliphatic carboxylic acids is 1. The maximum atomic E-state index is 13.5. The summed E-state index contributed by atoms with van der Waals surface area (Å²) in [7, 11) is 0. The van der Waals surface area contributed by atoms with Gasteiger partial charge in [-0.05, 0) is 56.4 Å². The van der Waals surface area contributed by atoms with Gasteiger partial charge in [0.2, 0.25) is 5.91 Å². The van der Waals surface area contributed by atoms with Gasteiger partial charge in [0.15, 0.2) is 0 Å². The molecule has 2 aliphatic heterocycles. The molecule has 0 aromatic heterocycles. The third-order valence-corrected chi connectivity index (χ3v) is 7.72. The maximum absolute atomic E-state index is 13.5. The Bertz CT molecular complexity index is 1210. The van der Waals surface area contributed by atoms with Gasteiger partial charge in [0.1, 0.15) is 11.6 Å². The van der Waals surface area contributed by atoms with Crippen LogP contribution in [0.2, 0.25) is 0 Å². The van der Waals surface area contributed by atoms with E-state index in [2.05, 4.69) is 15.5 Å². The molecule has 2 aromatic carbocycles. The summed E-state index contributed by atoms with van der Waals surface area (Å²) in [5.74, 6) is -1.64. The highest BCUT2D eigenvalue weighted by Gasteiger charge is 2.53. The second-order valence-electron chi connectivity index (χ2n) is 10.3. The monoisotopic (exact) mass is 535 g/mol. The Morgan fingerprint density at radius 1 is 1.00 bits per heavy atom. The van der Waals surface area contributed by atoms with Crippen LogP contribution in [0.4, 0.5) is 10.5 Å². The van der Waals surface area contributed by atoms with Gasteiger partial charge in [-0.3, -0.25) is 9.59 Å². The van der Waals surface area contributed by atoms with Crippen molar-refractivity contribution in [2.45, 2.75) is 51.6 Å². The lowest BCUT2D eigenvalue weighted by molar-refractivity contribution is -0.139. The molecule has 39 heavy (non-hydrogen) atoms. The van der Waals surface area contributed by atoms with Crippen molar-refractivity contribution < 1.29 is 24.3 Å². The number of anilines is 1. The molecule has 2 aliphatic rings. The van der Waals surface area contributed by atoms with Crippen molar-refractivity contribution >= 4 is 29.5 Å². The number of nitrogens with zero attached hydrogens (tertiary/aromatic N) is 3. The fourth-order valence-corrected chi connectivity index (χ4v) is 5.63. The molecule has 1 spiro atoms. The van der Waals surface area contributed by atoms with E-state index in [-0.39, 0.29) is 12.5 Å². The molecule has 2 saturated heterocycles. The van der Waals surface area contributed by atoms with E-state index in [4.69, 9.17) is 0 Å². The Morgan fingerprint density at radius 2 is 1.64 bits per heavy atom. The quantitative estimate of drug-likeness (QED) is 0.478. The number of piperidine rings is 1. The number of carboxylic acid groups (broad SMARTS) is 1. The number of para-hydroxylation sites is 1. The van der Waals surface area contributed by atoms with Gasteiger partial charge in [0.25, 0.3) is 5.91 Å². The average molecular weight is 536 g/mol. The molecule has 2 fully saturated rings. The van der Waals surface area contributed by atoms with Crippen molar-refractivity contribution in [2.24, 2.45) is 0 Å². The molecule has 208 valence electrons. The molecule has 0 radical (unpaired) electrons. The molecule has 0 bridgehead atoms. The lowest BCUT2D eigenvalue weighted by atomic mass is 9.85. The summed E-state index contributed by atoms with van der Waals surface area (Å²) >= 11 is 0. The van der Waals surface area contributed by atoms with Crippen molar-refractivity contribution in [3.8, 4) is 0 Å². The second-order valence-corrected chi connectivity index (χ2v) is 10.3. The molecule has 4 rings (SSSR count). The molecule has 10 heteroatoms. The zero-order chi connectivity index (χ0) is 28.2. The largest absolute Gasteiger partial charge is 0.480 e. The number of amides is 4. The molecule has 1 unspecified atom stereocenters. The van der Waals surface area contributed by atoms with Gasteiger partial charge < -0.3 is 30.4 Å². The highest BCUT2D eigenvalue weighted by molar-refractivity contribution is 5.99. The molecular formula is C29H37N5O5. The third kappa shape index (κ3) is 5.69. The number of carbonyl (C=O) groups excluding carboxylic acids is 3. The first-order valence-corrected chi connectivity index (χ1v) is 13.4. The highest BCUT2D eigenvalue weighted by atomic mass is 16.4. The predicted molar refractivity (Wildman–Crippen MR) is 148 cm³/mol. The highest BCUT2D eigenvalue weighted by Crippen LogP contribution is 2.39. The predicted octanol–water partition coefficient (Wildman–Crippen LogP) is 2.75. The number of carbonyl (C=O) groups is 4. The number of likely N-dealkylation sites (tertiary alicyclic amines) is 1. The first kappa shape index (κ1) is 27.9. The van der Waals surface area contributed by atoms with Crippen LogP contribution in [-0.4, -0.2) is 83.1 Å². The number of hydrogen-bond donors (Lipinski definition) is 3. The number of urea groups is 1. The summed E-state index contributed by atoms with van der Waals surface area (Å²) in [6.07, 6.45) is 1.81. The van der Waals surface area contributed by atoms with Crippen LogP contribution in [0.25, 0.3) is 0 Å². The van der Waals surface area contributed by atoms with Gasteiger partial charge in [-0.1, -0.05) is 43.3 Å². The van der Waals surface area contributed by atoms with Crippen molar-refractivity contribution in [1.29, 1.82) is 0 Å². The number of rotatable bonds is 8. The van der Waals surface area contributed by atoms with E-state index in [0.29, 0.717) is 44.7 Å². The van der Waals surface area contributed by atoms with Crippen LogP contribution in [0.5, 0.6) is 0 Å². The molecule has 2 heterocycles. The zero-order valence-corrected chi connectivity index (χ0v) is 22.8. The maximum Gasteiger partial charge on any atom is 0.328 e. The molecule has 1 atom stereocenters. The summed E-state index contributed by atoms with van der Waals surface area (Å²) in [5, 5.41) is 14.9. The average Bonchev–Trinajstić information content (AvgIpc) is 3.18. The zero-order valence-electron chi connectivity index (χ0n) is 22.8. The molecule has 2 aromatic rings. The van der Waals surface area contributed by atoms with Crippen LogP contribution in [0, 0.1) is 13.8 Å². The van der Waals surface area contributed by atoms with Crippen LogP contribution in [-0.2, 0) is 9.59 Å². The number of carboxylic acids is 1. The van der Waals surface area contributed by atoms with E-state index >= 15 is 0 Å². The van der Waals surface area contributed by atoms with Crippen LogP contribution in [0.1, 0.15) is 47.7 Å². The van der Waals surface area contributed by atoms with E-state index in [0.717, 1.165) is 23.2 Å². The van der Waals surface area contributed by atoms with Crippen molar-refractivity contribution in [2.75, 3.05) is 37.7 Å². The lowest BCUT2D eigenvalue weighted by Gasteiger charge is -2.43. The van der Waals surface area contributed by atoms with E-state index < -0.39 is 29.5 Å². The number of nitrogens with one attached hydrogen (secondary N) is 2. The molecule has 10 nitrogen and oxygen atoms in total. The van der Waals surface area contributed by atoms with Gasteiger partial charge in [-0.2, -0.15) is 0 Å². The Kier molecular flexibility index (Phi) is 8.42. The first-order valence-electron chi connectivity index (χ1n) is 13.4. The summed E-state index contributed by atoms with van der Waals surface area (Å²) in [6.45, 7) is 7.28. The Hall–Kier alpha value is -4.08. The minimum atomic E-state index is -1.29. The molecule has 4 amide bonds. The lowest BCUT2D eigenvalue weighted by Crippen LogP contribution is -2.59. The van der Waals surface area contributed by atoms with Gasteiger partial charge in [-0.25, -0.2) is 9.59 Å². The standard InChI is InChI=1S/C29H37N5O5/c1-4-15-33-19-34(22-11-6-5-7-12-22)29(27(33)38)13-16-32(17-14-29)28(39)30-18-23(26(36)37)31-25(35)24-20(2)9-8-10-21(24)3/h5-12,23H,4,13-19H2,1-3H3,(H,30,39)(H,31,35)(H,36,37). The van der Waals surface area contributed by atoms with Crippen LogP contribution in [0.15, 0.2) is 48.5 Å². The van der Waals surface area contributed by atoms with Crippen LogP contribution >= 0.6 is 0 Å². The Labute approximate surface area is 229 Å². The minimum Gasteiger partial charge on any atom is -0.480 e. The fraction of sp³-hybridized carbons (Fsp3) is 0.448. The SMILES string of the molecule is CCCN1CN(c2ccccc2)C2(CCN(C(=O)NCC(NC(=O)c3c(C)cccc3C)C(=O)O)CC2)C1=O. The fourth-order valence-electron chi connectivity index (χ4n) is 5.63. The second kappa shape index (κ2) is 11.8. The Morgan fingerprint density at radius 3 is 2.23 bits per heavy atom. The summed E-state index contributed by atoms with van der Waals surface area (Å²) in [4.78, 5) is 56.9. The van der Waals surface area contributed by atoms with Crippen molar-refractivity contribution in [1.82, 2.24) is 20.4 Å². The smallest absolute Gasteiger partial charge is 0.328 e. The summed E-state index contributed by atoms with van der Waals surface area (Å²) < 4.78 is 0. The van der Waals surface area contributed by atoms with E-state index in [1.807, 2.05) is 48.2 Å². The number of benzene rings is 2. The van der Waals surface area contributed by atoms with Crippen LogP contribution < -0.4 is 15.5 Å². The molecule has 3 N–H and O–H groups in total. The third-order valence-electron chi connectivity index (χ3n) is 7.72. The van der Waals surface area contributed by atoms with Gasteiger partial charge >= 0.3 is 12.0 Å². The number of aryl methyl sites for hydroxylation is 2. The van der Waals surface area contributed by atoms with Gasteiger partial charge in [-0.15, -0.1) is 0 Å². The first-order chi connectivity index (χ1) is 18.7. The molecule has 0 saturated carbocycles. The van der Waals surface area contributed by atoms with Crippen molar-refractivity contribution in [3.63, 3.8) is 0 Å². The van der Waals surface area contributed by atoms with E-state index in [1.165, 1.54) is 0 Å². The normalized spacial score (nSPS) is 17.3. The Balaban J connectivity index is 1.39. The number of hydrogen-bond acceptors (Lipinski definition) is 5. The van der Waals surface area contributed by atoms with Crippen molar-refractivity contribution in [3.05, 3.63) is 65.2 Å². The topological polar surface area (TPSA) is 122 Å². The van der Waals surface area contributed by atoms with Gasteiger partial charge in [0.05, 0.1) is 13.2 Å². The summed E-state index contributed by atoms with van der Waals surface area (Å²) in [6, 6.07) is 13.6. The minimum absolute atomic E-state index is 0.0911. The van der Waals surface area contributed by atoms with E-state index in [9.17, 15) is 24.3 Å². The van der Waals surface area contributed by atoms with Gasteiger partial charge in [0, 0.05) is 30.9 Å². The van der Waals surface area contributed by atoms with E-state index in [1.54, 1.807) is 30.9 Å². The molecule has 0 aliphatic carbocycles. The summed E-state index contributed by atoms with van der Waals surface area (Å²) in [5.41, 5.74) is 2.18. The van der Waals surface area contributed by atoms with Crippen LogP contribution in [0.3, 0.4) is 0 Å².